The summed E-state index contributed by atoms with van der Waals surface area (Å²) in [6.07, 6.45) is 1.77. The first-order valence-corrected chi connectivity index (χ1v) is 6.37. The van der Waals surface area contributed by atoms with Crippen molar-refractivity contribution in [1.82, 2.24) is 5.32 Å². The summed E-state index contributed by atoms with van der Waals surface area (Å²) in [4.78, 5) is 11.0. The van der Waals surface area contributed by atoms with E-state index in [2.05, 4.69) is 22.5 Å². The maximum absolute atomic E-state index is 11.0. The monoisotopic (exact) mass is 260 g/mol. The standard InChI is InChI=1S/C15H20N2O2/c1-3-7-15(18)17-10-4-5-11-19-14-9-6-8-13(12-14)16-2/h6,8-9,12,16H,4-5,10-11H2,1-2H3,(H,17,18). The molecule has 102 valence electrons. The number of ether oxygens (including phenoxy) is 1. The van der Waals surface area contributed by atoms with E-state index in [0.29, 0.717) is 13.2 Å². The fourth-order valence-electron chi connectivity index (χ4n) is 1.52. The van der Waals surface area contributed by atoms with Gasteiger partial charge in [0.2, 0.25) is 0 Å². The summed E-state index contributed by atoms with van der Waals surface area (Å²) in [5, 5.41) is 5.78. The van der Waals surface area contributed by atoms with E-state index in [1.54, 1.807) is 6.92 Å². The summed E-state index contributed by atoms with van der Waals surface area (Å²) < 4.78 is 5.62. The predicted octanol–water partition coefficient (Wildman–Crippen LogP) is 2.03. The van der Waals surface area contributed by atoms with Crippen LogP contribution in [0.2, 0.25) is 0 Å². The fourth-order valence-corrected chi connectivity index (χ4v) is 1.52. The maximum atomic E-state index is 11.0. The zero-order valence-corrected chi connectivity index (χ0v) is 11.5. The minimum atomic E-state index is -0.217. The Labute approximate surface area is 114 Å². The van der Waals surface area contributed by atoms with Gasteiger partial charge < -0.3 is 15.4 Å². The largest absolute Gasteiger partial charge is 0.494 e. The van der Waals surface area contributed by atoms with Crippen LogP contribution in [0.5, 0.6) is 5.75 Å². The molecular formula is C15H20N2O2. The van der Waals surface area contributed by atoms with Crippen LogP contribution in [-0.4, -0.2) is 26.1 Å². The molecule has 0 atom stereocenters. The zero-order valence-electron chi connectivity index (χ0n) is 11.5. The third-order valence-electron chi connectivity index (χ3n) is 2.49. The van der Waals surface area contributed by atoms with Crippen LogP contribution < -0.4 is 15.4 Å². The van der Waals surface area contributed by atoms with Gasteiger partial charge in [0.1, 0.15) is 5.75 Å². The molecule has 1 aromatic rings. The minimum absolute atomic E-state index is 0.217. The molecule has 1 rings (SSSR count). The van der Waals surface area contributed by atoms with Crippen LogP contribution in [0, 0.1) is 11.8 Å². The van der Waals surface area contributed by atoms with Crippen LogP contribution in [-0.2, 0) is 4.79 Å². The van der Waals surface area contributed by atoms with Gasteiger partial charge in [0.05, 0.1) is 6.61 Å². The number of nitrogens with one attached hydrogen (secondary N) is 2. The van der Waals surface area contributed by atoms with Crippen molar-refractivity contribution in [2.75, 3.05) is 25.5 Å². The van der Waals surface area contributed by atoms with Crippen LogP contribution in [0.1, 0.15) is 19.8 Å². The molecule has 0 radical (unpaired) electrons. The lowest BCUT2D eigenvalue weighted by Gasteiger charge is -2.07. The number of carbonyl (C=O) groups is 1. The number of unbranched alkanes of at least 4 members (excludes halogenated alkanes) is 1. The Morgan fingerprint density at radius 2 is 2.21 bits per heavy atom. The van der Waals surface area contributed by atoms with Crippen LogP contribution in [0.3, 0.4) is 0 Å². The molecule has 4 nitrogen and oxygen atoms in total. The highest BCUT2D eigenvalue weighted by Crippen LogP contribution is 2.16. The van der Waals surface area contributed by atoms with E-state index < -0.39 is 0 Å². The van der Waals surface area contributed by atoms with E-state index in [0.717, 1.165) is 24.3 Å². The average Bonchev–Trinajstić information content (AvgIpc) is 2.43. The van der Waals surface area contributed by atoms with E-state index in [9.17, 15) is 4.79 Å². The SMILES string of the molecule is CC#CC(=O)NCCCCOc1cccc(NC)c1. The first-order valence-electron chi connectivity index (χ1n) is 6.37. The van der Waals surface area contributed by atoms with E-state index in [1.165, 1.54) is 0 Å². The van der Waals surface area contributed by atoms with Gasteiger partial charge in [0.25, 0.3) is 5.91 Å². The quantitative estimate of drug-likeness (QED) is 0.582. The molecule has 1 aromatic carbocycles. The number of benzene rings is 1. The first-order chi connectivity index (χ1) is 9.26. The molecule has 0 bridgehead atoms. The van der Waals surface area contributed by atoms with Crippen molar-refractivity contribution in [1.29, 1.82) is 0 Å². The molecule has 0 aliphatic rings. The Morgan fingerprint density at radius 1 is 1.37 bits per heavy atom. The molecule has 0 heterocycles. The second kappa shape index (κ2) is 8.87. The fraction of sp³-hybridized carbons (Fsp3) is 0.400. The molecule has 0 fully saturated rings. The van der Waals surface area contributed by atoms with Crippen LogP contribution in [0.25, 0.3) is 0 Å². The van der Waals surface area contributed by atoms with Gasteiger partial charge in [0.15, 0.2) is 0 Å². The third kappa shape index (κ3) is 6.37. The molecule has 0 aliphatic carbocycles. The molecule has 0 saturated carbocycles. The Kier molecular flexibility index (Phi) is 6.96. The lowest BCUT2D eigenvalue weighted by atomic mass is 10.3. The van der Waals surface area contributed by atoms with E-state index in [4.69, 9.17) is 4.74 Å². The van der Waals surface area contributed by atoms with Crippen molar-refractivity contribution in [2.45, 2.75) is 19.8 Å². The van der Waals surface area contributed by atoms with E-state index in [1.807, 2.05) is 31.3 Å². The summed E-state index contributed by atoms with van der Waals surface area (Å²) in [7, 11) is 1.88. The lowest BCUT2D eigenvalue weighted by molar-refractivity contribution is -0.115. The Bertz CT molecular complexity index is 461. The number of carbonyl (C=O) groups excluding carboxylic acids is 1. The molecule has 19 heavy (non-hydrogen) atoms. The van der Waals surface area contributed by atoms with Gasteiger partial charge in [-0.15, -0.1) is 0 Å². The molecule has 0 aromatic heterocycles. The highest BCUT2D eigenvalue weighted by molar-refractivity contribution is 5.93. The van der Waals surface area contributed by atoms with Crippen LogP contribution in [0.4, 0.5) is 5.69 Å². The lowest BCUT2D eigenvalue weighted by Crippen LogP contribution is -2.22. The number of anilines is 1. The highest BCUT2D eigenvalue weighted by atomic mass is 16.5. The number of hydrogen-bond acceptors (Lipinski definition) is 3. The van der Waals surface area contributed by atoms with Crippen LogP contribution in [0.15, 0.2) is 24.3 Å². The van der Waals surface area contributed by atoms with Crippen molar-refractivity contribution < 1.29 is 9.53 Å². The van der Waals surface area contributed by atoms with Gasteiger partial charge in [-0.2, -0.15) is 0 Å². The van der Waals surface area contributed by atoms with Crippen molar-refractivity contribution >= 4 is 11.6 Å². The summed E-state index contributed by atoms with van der Waals surface area (Å²) >= 11 is 0. The van der Waals surface area contributed by atoms with Gasteiger partial charge >= 0.3 is 0 Å². The molecule has 2 N–H and O–H groups in total. The van der Waals surface area contributed by atoms with Crippen LogP contribution >= 0.6 is 0 Å². The number of rotatable bonds is 7. The normalized spacial score (nSPS) is 9.16. The van der Waals surface area contributed by atoms with Crippen molar-refractivity contribution in [3.05, 3.63) is 24.3 Å². The Balaban J connectivity index is 2.13. The maximum Gasteiger partial charge on any atom is 0.295 e. The molecule has 0 aliphatic heterocycles. The summed E-state index contributed by atoms with van der Waals surface area (Å²) in [6.45, 7) is 2.92. The van der Waals surface area contributed by atoms with Crippen molar-refractivity contribution in [3.63, 3.8) is 0 Å². The summed E-state index contributed by atoms with van der Waals surface area (Å²) in [6, 6.07) is 7.82. The highest BCUT2D eigenvalue weighted by Gasteiger charge is 1.97. The van der Waals surface area contributed by atoms with Gasteiger partial charge in [0, 0.05) is 25.3 Å². The molecule has 0 saturated heterocycles. The molecule has 4 heteroatoms. The van der Waals surface area contributed by atoms with E-state index in [-0.39, 0.29) is 5.91 Å². The second-order valence-corrected chi connectivity index (χ2v) is 3.96. The molecule has 0 spiro atoms. The summed E-state index contributed by atoms with van der Waals surface area (Å²) in [5.74, 6) is 5.63. The topological polar surface area (TPSA) is 50.4 Å². The third-order valence-corrected chi connectivity index (χ3v) is 2.49. The van der Waals surface area contributed by atoms with Gasteiger partial charge in [-0.1, -0.05) is 12.0 Å². The van der Waals surface area contributed by atoms with Gasteiger partial charge in [-0.05, 0) is 37.8 Å². The number of hydrogen-bond donors (Lipinski definition) is 2. The minimum Gasteiger partial charge on any atom is -0.494 e. The Morgan fingerprint density at radius 3 is 2.95 bits per heavy atom. The first kappa shape index (κ1) is 14.9. The molecular weight excluding hydrogens is 240 g/mol. The second-order valence-electron chi connectivity index (χ2n) is 3.96. The molecule has 0 unspecified atom stereocenters. The van der Waals surface area contributed by atoms with Crippen molar-refractivity contribution in [3.8, 4) is 17.6 Å². The number of amides is 1. The average molecular weight is 260 g/mol. The van der Waals surface area contributed by atoms with Gasteiger partial charge in [-0.3, -0.25) is 4.79 Å². The van der Waals surface area contributed by atoms with E-state index >= 15 is 0 Å². The van der Waals surface area contributed by atoms with Crippen molar-refractivity contribution in [2.24, 2.45) is 0 Å². The van der Waals surface area contributed by atoms with Gasteiger partial charge in [-0.25, -0.2) is 0 Å². The predicted molar refractivity (Wildman–Crippen MR) is 77.2 cm³/mol. The Hall–Kier alpha value is -2.15. The molecule has 1 amide bonds. The zero-order chi connectivity index (χ0) is 13.9. The summed E-state index contributed by atoms with van der Waals surface area (Å²) in [5.41, 5.74) is 1.03. The smallest absolute Gasteiger partial charge is 0.295 e.